The zero-order valence-corrected chi connectivity index (χ0v) is 13.1. The zero-order valence-electron chi connectivity index (χ0n) is 13.1. The Morgan fingerprint density at radius 2 is 1.71 bits per heavy atom. The normalized spacial score (nSPS) is 16.5. The first kappa shape index (κ1) is 18.0. The molecule has 1 N–H and O–H groups in total. The molecule has 0 saturated heterocycles. The number of methoxy groups -OCH3 is 1. The number of nitrogens with one attached hydrogen (secondary N) is 1. The molecule has 2 unspecified atom stereocenters. The van der Waals surface area contributed by atoms with Crippen LogP contribution in [0, 0.1) is 0 Å². The van der Waals surface area contributed by atoms with Crippen LogP contribution in [0.2, 0.25) is 0 Å². The van der Waals surface area contributed by atoms with E-state index in [9.17, 15) is 13.2 Å². The van der Waals surface area contributed by atoms with Gasteiger partial charge in [0.15, 0.2) is 0 Å². The molecule has 0 aromatic heterocycles. The molecule has 120 valence electrons. The molecule has 0 heterocycles. The maximum absolute atomic E-state index is 12.6. The van der Waals surface area contributed by atoms with Gasteiger partial charge in [-0.15, -0.1) is 0 Å². The highest BCUT2D eigenvalue weighted by Crippen LogP contribution is 2.30. The van der Waals surface area contributed by atoms with E-state index in [2.05, 4.69) is 5.32 Å². The van der Waals surface area contributed by atoms with E-state index in [1.54, 1.807) is 19.2 Å². The van der Waals surface area contributed by atoms with Gasteiger partial charge in [0.05, 0.1) is 11.2 Å². The van der Waals surface area contributed by atoms with Crippen LogP contribution in [0.5, 0.6) is 0 Å². The lowest BCUT2D eigenvalue weighted by atomic mass is 9.88. The van der Waals surface area contributed by atoms with Crippen molar-refractivity contribution in [1.82, 2.24) is 5.32 Å². The SMILES string of the molecule is CCNC(Cc1ccc(C(F)(F)F)cc1)C(C)(CC)OC. The fraction of sp³-hybridized carbons (Fsp3) is 0.625. The minimum Gasteiger partial charge on any atom is -0.377 e. The highest BCUT2D eigenvalue weighted by molar-refractivity contribution is 5.25. The van der Waals surface area contributed by atoms with E-state index in [0.29, 0.717) is 6.42 Å². The molecule has 0 fully saturated rings. The predicted molar refractivity (Wildman–Crippen MR) is 78.3 cm³/mol. The number of ether oxygens (including phenoxy) is 1. The van der Waals surface area contributed by atoms with Gasteiger partial charge in [0.25, 0.3) is 0 Å². The van der Waals surface area contributed by atoms with Crippen LogP contribution in [-0.2, 0) is 17.3 Å². The molecular formula is C16H24F3NO. The van der Waals surface area contributed by atoms with E-state index in [1.165, 1.54) is 0 Å². The monoisotopic (exact) mass is 303 g/mol. The largest absolute Gasteiger partial charge is 0.416 e. The van der Waals surface area contributed by atoms with Gasteiger partial charge in [0, 0.05) is 13.2 Å². The molecule has 0 spiro atoms. The van der Waals surface area contributed by atoms with E-state index in [-0.39, 0.29) is 11.6 Å². The number of likely N-dealkylation sites (N-methyl/N-ethyl adjacent to an activating group) is 1. The zero-order chi connectivity index (χ0) is 16.1. The van der Waals surface area contributed by atoms with E-state index in [0.717, 1.165) is 30.7 Å². The molecule has 0 aliphatic heterocycles. The van der Waals surface area contributed by atoms with Crippen molar-refractivity contribution in [3.05, 3.63) is 35.4 Å². The van der Waals surface area contributed by atoms with Crippen molar-refractivity contribution < 1.29 is 17.9 Å². The molecule has 0 aliphatic carbocycles. The highest BCUT2D eigenvalue weighted by Gasteiger charge is 2.33. The second-order valence-corrected chi connectivity index (χ2v) is 5.38. The number of alkyl halides is 3. The van der Waals surface area contributed by atoms with Gasteiger partial charge in [-0.3, -0.25) is 0 Å². The lowest BCUT2D eigenvalue weighted by Gasteiger charge is -2.36. The number of benzene rings is 1. The summed E-state index contributed by atoms with van der Waals surface area (Å²) < 4.78 is 43.3. The van der Waals surface area contributed by atoms with Crippen molar-refractivity contribution in [2.45, 2.75) is 51.4 Å². The molecule has 0 amide bonds. The quantitative estimate of drug-likeness (QED) is 0.821. The van der Waals surface area contributed by atoms with Gasteiger partial charge >= 0.3 is 6.18 Å². The maximum atomic E-state index is 12.6. The van der Waals surface area contributed by atoms with Gasteiger partial charge < -0.3 is 10.1 Å². The van der Waals surface area contributed by atoms with E-state index in [1.807, 2.05) is 20.8 Å². The van der Waals surface area contributed by atoms with Crippen LogP contribution < -0.4 is 5.32 Å². The molecule has 1 rings (SSSR count). The topological polar surface area (TPSA) is 21.3 Å². The number of hydrogen-bond acceptors (Lipinski definition) is 2. The number of rotatable bonds is 7. The maximum Gasteiger partial charge on any atom is 0.416 e. The minimum atomic E-state index is -4.29. The van der Waals surface area contributed by atoms with Crippen LogP contribution in [0.15, 0.2) is 24.3 Å². The molecular weight excluding hydrogens is 279 g/mol. The van der Waals surface area contributed by atoms with Gasteiger partial charge in [-0.1, -0.05) is 26.0 Å². The molecule has 2 nitrogen and oxygen atoms in total. The van der Waals surface area contributed by atoms with Crippen LogP contribution in [0.1, 0.15) is 38.3 Å². The summed E-state index contributed by atoms with van der Waals surface area (Å²) in [4.78, 5) is 0. The van der Waals surface area contributed by atoms with E-state index >= 15 is 0 Å². The number of halogens is 3. The van der Waals surface area contributed by atoms with Crippen molar-refractivity contribution in [3.8, 4) is 0 Å². The van der Waals surface area contributed by atoms with Crippen LogP contribution in [-0.4, -0.2) is 25.3 Å². The Labute approximate surface area is 124 Å². The average molecular weight is 303 g/mol. The van der Waals surface area contributed by atoms with Crippen molar-refractivity contribution in [2.24, 2.45) is 0 Å². The van der Waals surface area contributed by atoms with Crippen LogP contribution in [0.3, 0.4) is 0 Å². The van der Waals surface area contributed by atoms with Gasteiger partial charge in [-0.2, -0.15) is 13.2 Å². The summed E-state index contributed by atoms with van der Waals surface area (Å²) in [6, 6.07) is 5.40. The van der Waals surface area contributed by atoms with Crippen molar-refractivity contribution in [2.75, 3.05) is 13.7 Å². The summed E-state index contributed by atoms with van der Waals surface area (Å²) in [6.45, 7) is 6.85. The Balaban J connectivity index is 2.89. The summed E-state index contributed by atoms with van der Waals surface area (Å²) in [5, 5.41) is 3.37. The summed E-state index contributed by atoms with van der Waals surface area (Å²) >= 11 is 0. The lowest BCUT2D eigenvalue weighted by molar-refractivity contribution is -0.137. The highest BCUT2D eigenvalue weighted by atomic mass is 19.4. The first-order valence-corrected chi connectivity index (χ1v) is 7.21. The van der Waals surface area contributed by atoms with Gasteiger partial charge in [-0.05, 0) is 44.0 Å². The molecule has 0 radical (unpaired) electrons. The molecule has 5 heteroatoms. The third-order valence-electron chi connectivity index (χ3n) is 4.08. The smallest absolute Gasteiger partial charge is 0.377 e. The first-order chi connectivity index (χ1) is 9.76. The lowest BCUT2D eigenvalue weighted by Crippen LogP contribution is -2.51. The Bertz CT molecular complexity index is 424. The Kier molecular flexibility index (Phi) is 6.23. The summed E-state index contributed by atoms with van der Waals surface area (Å²) in [5.41, 5.74) is -0.0967. The number of hydrogen-bond donors (Lipinski definition) is 1. The van der Waals surface area contributed by atoms with Crippen LogP contribution in [0.25, 0.3) is 0 Å². The molecule has 0 aliphatic rings. The predicted octanol–water partition coefficient (Wildman–Crippen LogP) is 4.04. The Morgan fingerprint density at radius 1 is 1.14 bits per heavy atom. The van der Waals surface area contributed by atoms with Gasteiger partial charge in [-0.25, -0.2) is 0 Å². The summed E-state index contributed by atoms with van der Waals surface area (Å²) in [5.74, 6) is 0. The van der Waals surface area contributed by atoms with Crippen molar-refractivity contribution in [3.63, 3.8) is 0 Å². The molecule has 2 atom stereocenters. The average Bonchev–Trinajstić information content (AvgIpc) is 2.45. The van der Waals surface area contributed by atoms with Crippen LogP contribution in [0.4, 0.5) is 13.2 Å². The summed E-state index contributed by atoms with van der Waals surface area (Å²) in [7, 11) is 1.67. The molecule has 1 aromatic rings. The first-order valence-electron chi connectivity index (χ1n) is 7.21. The fourth-order valence-electron chi connectivity index (χ4n) is 2.35. The molecule has 1 aromatic carbocycles. The third-order valence-corrected chi connectivity index (χ3v) is 4.08. The van der Waals surface area contributed by atoms with E-state index in [4.69, 9.17) is 4.74 Å². The second-order valence-electron chi connectivity index (χ2n) is 5.38. The second kappa shape index (κ2) is 7.27. The standard InChI is InChI=1S/C16H24F3NO/c1-5-15(3,21-4)14(20-6-2)11-12-7-9-13(10-8-12)16(17,18)19/h7-10,14,20H,5-6,11H2,1-4H3. The minimum absolute atomic E-state index is 0.0502. The van der Waals surface area contributed by atoms with Crippen molar-refractivity contribution in [1.29, 1.82) is 0 Å². The Morgan fingerprint density at radius 3 is 2.10 bits per heavy atom. The van der Waals surface area contributed by atoms with Gasteiger partial charge in [0.1, 0.15) is 0 Å². The molecule has 21 heavy (non-hydrogen) atoms. The Hall–Kier alpha value is -1.07. The molecule has 0 bridgehead atoms. The third kappa shape index (κ3) is 4.71. The summed E-state index contributed by atoms with van der Waals surface area (Å²) in [6.07, 6.45) is -2.84. The molecule has 0 saturated carbocycles. The fourth-order valence-corrected chi connectivity index (χ4v) is 2.35. The van der Waals surface area contributed by atoms with E-state index < -0.39 is 11.7 Å². The van der Waals surface area contributed by atoms with Crippen molar-refractivity contribution >= 4 is 0 Å². The van der Waals surface area contributed by atoms with Crippen LogP contribution >= 0.6 is 0 Å². The van der Waals surface area contributed by atoms with Gasteiger partial charge in [0.2, 0.25) is 0 Å².